The first-order chi connectivity index (χ1) is 9.56. The van der Waals surface area contributed by atoms with E-state index < -0.39 is 0 Å². The predicted molar refractivity (Wildman–Crippen MR) is 90.3 cm³/mol. The molecule has 2 rings (SSSR count). The van der Waals surface area contributed by atoms with E-state index in [-0.39, 0.29) is 5.75 Å². The lowest BCUT2D eigenvalue weighted by Gasteiger charge is -2.12. The number of thiocarbonyl (C=S) groups is 1. The summed E-state index contributed by atoms with van der Waals surface area (Å²) in [6.07, 6.45) is 0.851. The fourth-order valence-electron chi connectivity index (χ4n) is 1.88. The van der Waals surface area contributed by atoms with Gasteiger partial charge in [0.25, 0.3) is 0 Å². The van der Waals surface area contributed by atoms with Crippen molar-refractivity contribution >= 4 is 38.8 Å². The number of phenols is 1. The molecule has 0 spiro atoms. The van der Waals surface area contributed by atoms with Crippen LogP contribution in [0, 0.1) is 0 Å². The second-order valence-electron chi connectivity index (χ2n) is 4.40. The van der Waals surface area contributed by atoms with E-state index in [1.165, 1.54) is 0 Å². The summed E-state index contributed by atoms with van der Waals surface area (Å²) in [7, 11) is 0. The Labute approximate surface area is 131 Å². The quantitative estimate of drug-likeness (QED) is 0.723. The van der Waals surface area contributed by atoms with E-state index >= 15 is 0 Å². The van der Waals surface area contributed by atoms with Gasteiger partial charge in [0.2, 0.25) is 0 Å². The van der Waals surface area contributed by atoms with Gasteiger partial charge in [-0.1, -0.05) is 40.3 Å². The number of anilines is 1. The van der Waals surface area contributed by atoms with Crippen molar-refractivity contribution in [3.05, 3.63) is 58.1 Å². The number of nitrogens with two attached hydrogens (primary N) is 1. The summed E-state index contributed by atoms with van der Waals surface area (Å²) in [5.41, 5.74) is 8.63. The van der Waals surface area contributed by atoms with Gasteiger partial charge in [0.1, 0.15) is 10.7 Å². The third-order valence-corrected chi connectivity index (χ3v) is 3.63. The number of hydrogen-bond donors (Lipinski definition) is 3. The summed E-state index contributed by atoms with van der Waals surface area (Å²) < 4.78 is 0.977. The van der Waals surface area contributed by atoms with E-state index in [4.69, 9.17) is 18.0 Å². The van der Waals surface area contributed by atoms with Gasteiger partial charge < -0.3 is 16.2 Å². The summed E-state index contributed by atoms with van der Waals surface area (Å²) >= 11 is 8.48. The van der Waals surface area contributed by atoms with Crippen LogP contribution < -0.4 is 11.1 Å². The molecular weight excluding hydrogens is 336 g/mol. The van der Waals surface area contributed by atoms with Gasteiger partial charge in [-0.05, 0) is 42.3 Å². The molecule has 0 heterocycles. The Kier molecular flexibility index (Phi) is 4.98. The molecule has 0 aliphatic heterocycles. The van der Waals surface area contributed by atoms with Gasteiger partial charge in [-0.2, -0.15) is 0 Å². The van der Waals surface area contributed by atoms with Crippen molar-refractivity contribution in [3.8, 4) is 5.75 Å². The molecule has 0 atom stereocenters. The topological polar surface area (TPSA) is 58.3 Å². The number of aromatic hydroxyl groups is 1. The molecule has 5 heteroatoms. The van der Waals surface area contributed by atoms with Crippen LogP contribution in [-0.4, -0.2) is 16.6 Å². The summed E-state index contributed by atoms with van der Waals surface area (Å²) in [4.78, 5) is 0.379. The first-order valence-corrected chi connectivity index (χ1v) is 7.37. The lowest BCUT2D eigenvalue weighted by molar-refractivity contribution is 0.475. The van der Waals surface area contributed by atoms with Gasteiger partial charge in [-0.3, -0.25) is 0 Å². The zero-order valence-corrected chi connectivity index (χ0v) is 13.2. The van der Waals surface area contributed by atoms with E-state index in [1.54, 1.807) is 12.1 Å². The van der Waals surface area contributed by atoms with Crippen LogP contribution in [0.2, 0.25) is 0 Å². The molecule has 104 valence electrons. The molecule has 4 N–H and O–H groups in total. The molecule has 0 unspecified atom stereocenters. The van der Waals surface area contributed by atoms with E-state index in [0.29, 0.717) is 4.99 Å². The lowest BCUT2D eigenvalue weighted by atomic mass is 10.1. The summed E-state index contributed by atoms with van der Waals surface area (Å²) in [5, 5.41) is 12.6. The maximum absolute atomic E-state index is 9.24. The number of nitrogens with one attached hydrogen (secondary N) is 1. The molecule has 2 aromatic carbocycles. The highest BCUT2D eigenvalue weighted by atomic mass is 79.9. The molecule has 0 aliphatic rings. The van der Waals surface area contributed by atoms with Crippen molar-refractivity contribution in [2.75, 3.05) is 11.9 Å². The smallest absolute Gasteiger partial charge is 0.115 e. The van der Waals surface area contributed by atoms with Crippen LogP contribution in [-0.2, 0) is 6.42 Å². The van der Waals surface area contributed by atoms with Crippen LogP contribution in [0.1, 0.15) is 11.1 Å². The van der Waals surface area contributed by atoms with Gasteiger partial charge in [0, 0.05) is 22.3 Å². The van der Waals surface area contributed by atoms with Gasteiger partial charge in [-0.25, -0.2) is 0 Å². The van der Waals surface area contributed by atoms with Gasteiger partial charge in [0.05, 0.1) is 0 Å². The molecule has 0 aromatic heterocycles. The molecule has 0 amide bonds. The molecule has 20 heavy (non-hydrogen) atoms. The van der Waals surface area contributed by atoms with E-state index in [1.807, 2.05) is 30.3 Å². The Morgan fingerprint density at radius 1 is 1.20 bits per heavy atom. The van der Waals surface area contributed by atoms with Gasteiger partial charge in [-0.15, -0.1) is 0 Å². The van der Waals surface area contributed by atoms with Crippen molar-refractivity contribution in [1.29, 1.82) is 0 Å². The van der Waals surface area contributed by atoms with Crippen molar-refractivity contribution in [1.82, 2.24) is 0 Å². The fourth-order valence-corrected chi connectivity index (χ4v) is 2.42. The average Bonchev–Trinajstić information content (AvgIpc) is 2.41. The Balaban J connectivity index is 2.02. The molecule has 3 nitrogen and oxygen atoms in total. The number of phenolic OH excluding ortho intramolecular Hbond substituents is 1. The molecule has 0 saturated carbocycles. The maximum Gasteiger partial charge on any atom is 0.115 e. The highest BCUT2D eigenvalue weighted by molar-refractivity contribution is 9.10. The SMILES string of the molecule is NC(=S)c1ccc(Br)cc1NCCc1ccc(O)cc1. The second-order valence-corrected chi connectivity index (χ2v) is 5.75. The average molecular weight is 351 g/mol. The molecular formula is C15H15BrN2OS. The van der Waals surface area contributed by atoms with Gasteiger partial charge >= 0.3 is 0 Å². The predicted octanol–water partition coefficient (Wildman–Crippen LogP) is 3.44. The molecule has 0 aliphatic carbocycles. The van der Waals surface area contributed by atoms with Crippen molar-refractivity contribution < 1.29 is 5.11 Å². The molecule has 0 saturated heterocycles. The van der Waals surface area contributed by atoms with Crippen LogP contribution in [0.3, 0.4) is 0 Å². The van der Waals surface area contributed by atoms with Crippen LogP contribution in [0.5, 0.6) is 5.75 Å². The minimum atomic E-state index is 0.282. The third-order valence-electron chi connectivity index (χ3n) is 2.91. The van der Waals surface area contributed by atoms with Gasteiger partial charge in [0.15, 0.2) is 0 Å². The van der Waals surface area contributed by atoms with Crippen LogP contribution in [0.15, 0.2) is 46.9 Å². The normalized spacial score (nSPS) is 10.2. The second kappa shape index (κ2) is 6.72. The van der Waals surface area contributed by atoms with Crippen LogP contribution >= 0.6 is 28.1 Å². The number of rotatable bonds is 5. The van der Waals surface area contributed by atoms with Crippen LogP contribution in [0.4, 0.5) is 5.69 Å². The first-order valence-electron chi connectivity index (χ1n) is 6.17. The molecule has 0 bridgehead atoms. The highest BCUT2D eigenvalue weighted by Gasteiger charge is 2.05. The Hall–Kier alpha value is -1.59. The largest absolute Gasteiger partial charge is 0.508 e. The molecule has 2 aromatic rings. The first kappa shape index (κ1) is 14.8. The van der Waals surface area contributed by atoms with Crippen molar-refractivity contribution in [2.45, 2.75) is 6.42 Å². The summed E-state index contributed by atoms with van der Waals surface area (Å²) in [6, 6.07) is 13.0. The zero-order chi connectivity index (χ0) is 14.5. The standard InChI is InChI=1S/C15H15BrN2OS/c16-11-3-6-13(15(17)20)14(9-11)18-8-7-10-1-4-12(19)5-2-10/h1-6,9,18-19H,7-8H2,(H2,17,20). The van der Waals surface area contributed by atoms with Crippen LogP contribution in [0.25, 0.3) is 0 Å². The number of halogens is 1. The Morgan fingerprint density at radius 2 is 1.90 bits per heavy atom. The Morgan fingerprint density at radius 3 is 2.55 bits per heavy atom. The summed E-state index contributed by atoms with van der Waals surface area (Å²) in [6.45, 7) is 0.761. The maximum atomic E-state index is 9.24. The van der Waals surface area contributed by atoms with Crippen molar-refractivity contribution in [2.24, 2.45) is 5.73 Å². The fraction of sp³-hybridized carbons (Fsp3) is 0.133. The third kappa shape index (κ3) is 3.95. The van der Waals surface area contributed by atoms with E-state index in [0.717, 1.165) is 34.3 Å². The lowest BCUT2D eigenvalue weighted by Crippen LogP contribution is -2.14. The minimum absolute atomic E-state index is 0.282. The zero-order valence-electron chi connectivity index (χ0n) is 10.8. The monoisotopic (exact) mass is 350 g/mol. The molecule has 0 fully saturated rings. The van der Waals surface area contributed by atoms with E-state index in [9.17, 15) is 5.11 Å². The highest BCUT2D eigenvalue weighted by Crippen LogP contribution is 2.21. The molecule has 0 radical (unpaired) electrons. The van der Waals surface area contributed by atoms with E-state index in [2.05, 4.69) is 21.2 Å². The number of hydrogen-bond acceptors (Lipinski definition) is 3. The minimum Gasteiger partial charge on any atom is -0.508 e. The number of benzene rings is 2. The van der Waals surface area contributed by atoms with Crippen molar-refractivity contribution in [3.63, 3.8) is 0 Å². The Bertz CT molecular complexity index is 614. The summed E-state index contributed by atoms with van der Waals surface area (Å²) in [5.74, 6) is 0.282.